The number of anilines is 2. The third kappa shape index (κ3) is 2.61. The van der Waals surface area contributed by atoms with Crippen molar-refractivity contribution in [2.75, 3.05) is 30.4 Å². The first kappa shape index (κ1) is 9.84. The Bertz CT molecular complexity index is 260. The largest absolute Gasteiger partial charge is 0.370 e. The van der Waals surface area contributed by atoms with Crippen LogP contribution in [0.15, 0.2) is 18.2 Å². The highest BCUT2D eigenvalue weighted by molar-refractivity contribution is 5.46. The summed E-state index contributed by atoms with van der Waals surface area (Å²) in [7, 11) is 2.04. The van der Waals surface area contributed by atoms with E-state index in [1.54, 1.807) is 0 Å². The molecule has 0 aliphatic heterocycles. The molecule has 0 radical (unpaired) electrons. The summed E-state index contributed by atoms with van der Waals surface area (Å²) >= 11 is 0. The van der Waals surface area contributed by atoms with Crippen LogP contribution in [0.5, 0.6) is 0 Å². The molecule has 0 bridgehead atoms. The zero-order valence-corrected chi connectivity index (χ0v) is 8.54. The summed E-state index contributed by atoms with van der Waals surface area (Å²) < 4.78 is 0. The second kappa shape index (κ2) is 4.70. The van der Waals surface area contributed by atoms with E-state index in [9.17, 15) is 0 Å². The third-order valence-electron chi connectivity index (χ3n) is 1.96. The van der Waals surface area contributed by atoms with E-state index in [1.165, 1.54) is 0 Å². The van der Waals surface area contributed by atoms with Crippen molar-refractivity contribution in [3.8, 4) is 0 Å². The first-order valence-electron chi connectivity index (χ1n) is 4.70. The Kier molecular flexibility index (Phi) is 3.55. The molecular weight excluding hydrogens is 162 g/mol. The maximum atomic E-state index is 4.45. The fourth-order valence-corrected chi connectivity index (χ4v) is 1.08. The first-order chi connectivity index (χ1) is 6.27. The molecule has 1 heterocycles. The number of pyridine rings is 1. The Morgan fingerprint density at radius 2 is 2.15 bits per heavy atom. The lowest BCUT2D eigenvalue weighted by Crippen LogP contribution is -2.17. The van der Waals surface area contributed by atoms with Crippen LogP contribution in [0.25, 0.3) is 0 Å². The second-order valence-corrected chi connectivity index (χ2v) is 2.93. The van der Waals surface area contributed by atoms with Gasteiger partial charge in [-0.2, -0.15) is 0 Å². The predicted molar refractivity (Wildman–Crippen MR) is 57.3 cm³/mol. The number of aromatic nitrogens is 1. The molecule has 1 aromatic rings. The molecule has 3 nitrogen and oxygen atoms in total. The van der Waals surface area contributed by atoms with Crippen LogP contribution in [-0.2, 0) is 0 Å². The molecule has 0 saturated carbocycles. The molecule has 3 heteroatoms. The van der Waals surface area contributed by atoms with Gasteiger partial charge in [-0.3, -0.25) is 0 Å². The van der Waals surface area contributed by atoms with E-state index < -0.39 is 0 Å². The van der Waals surface area contributed by atoms with E-state index in [-0.39, 0.29) is 0 Å². The van der Waals surface area contributed by atoms with Gasteiger partial charge in [0.2, 0.25) is 0 Å². The summed E-state index contributed by atoms with van der Waals surface area (Å²) in [5.74, 6) is 1.96. The Balaban J connectivity index is 2.78. The van der Waals surface area contributed by atoms with Gasteiger partial charge >= 0.3 is 0 Å². The number of hydrogen-bond donors (Lipinski definition) is 1. The molecule has 0 unspecified atom stereocenters. The molecule has 1 aromatic heterocycles. The summed E-state index contributed by atoms with van der Waals surface area (Å²) in [5, 5.41) is 3.19. The molecule has 1 rings (SSSR count). The van der Waals surface area contributed by atoms with Crippen molar-refractivity contribution in [3.05, 3.63) is 18.2 Å². The third-order valence-corrected chi connectivity index (χ3v) is 1.96. The van der Waals surface area contributed by atoms with Crippen LogP contribution in [0.1, 0.15) is 13.8 Å². The number of nitrogens with one attached hydrogen (secondary N) is 1. The zero-order valence-electron chi connectivity index (χ0n) is 8.54. The quantitative estimate of drug-likeness (QED) is 0.766. The van der Waals surface area contributed by atoms with Gasteiger partial charge < -0.3 is 10.2 Å². The molecule has 72 valence electrons. The lowest BCUT2D eigenvalue weighted by molar-refractivity contribution is 0.937. The average Bonchev–Trinajstić information content (AvgIpc) is 2.18. The van der Waals surface area contributed by atoms with E-state index in [0.717, 1.165) is 24.7 Å². The van der Waals surface area contributed by atoms with Crippen LogP contribution in [0, 0.1) is 0 Å². The summed E-state index contributed by atoms with van der Waals surface area (Å²) in [6, 6.07) is 6.02. The van der Waals surface area contributed by atoms with Gasteiger partial charge in [-0.25, -0.2) is 4.98 Å². The first-order valence-corrected chi connectivity index (χ1v) is 4.70. The van der Waals surface area contributed by atoms with Crippen LogP contribution < -0.4 is 10.2 Å². The Morgan fingerprint density at radius 1 is 1.38 bits per heavy atom. The molecule has 13 heavy (non-hydrogen) atoms. The van der Waals surface area contributed by atoms with E-state index >= 15 is 0 Å². The molecular formula is C10H17N3. The molecule has 0 fully saturated rings. The van der Waals surface area contributed by atoms with Crippen molar-refractivity contribution in [2.45, 2.75) is 13.8 Å². The fourth-order valence-electron chi connectivity index (χ4n) is 1.08. The van der Waals surface area contributed by atoms with Crippen molar-refractivity contribution in [2.24, 2.45) is 0 Å². The number of rotatable bonds is 4. The molecule has 0 atom stereocenters. The monoisotopic (exact) mass is 179 g/mol. The van der Waals surface area contributed by atoms with Crippen molar-refractivity contribution in [3.63, 3.8) is 0 Å². The summed E-state index contributed by atoms with van der Waals surface area (Å²) in [6.07, 6.45) is 0. The average molecular weight is 179 g/mol. The van der Waals surface area contributed by atoms with Crippen LogP contribution in [0.3, 0.4) is 0 Å². The van der Waals surface area contributed by atoms with Crippen molar-refractivity contribution < 1.29 is 0 Å². The molecule has 0 aromatic carbocycles. The van der Waals surface area contributed by atoms with Gasteiger partial charge in [-0.05, 0) is 26.0 Å². The molecule has 1 N–H and O–H groups in total. The van der Waals surface area contributed by atoms with Gasteiger partial charge in [-0.1, -0.05) is 6.07 Å². The molecule has 0 amide bonds. The SMILES string of the molecule is CCNc1cccc(N(C)CC)n1. The molecule has 0 spiro atoms. The van der Waals surface area contributed by atoms with E-state index in [4.69, 9.17) is 0 Å². The van der Waals surface area contributed by atoms with Crippen LogP contribution >= 0.6 is 0 Å². The van der Waals surface area contributed by atoms with Crippen molar-refractivity contribution >= 4 is 11.6 Å². The van der Waals surface area contributed by atoms with Crippen LogP contribution in [-0.4, -0.2) is 25.1 Å². The fraction of sp³-hybridized carbons (Fsp3) is 0.500. The smallest absolute Gasteiger partial charge is 0.130 e. The topological polar surface area (TPSA) is 28.2 Å². The lowest BCUT2D eigenvalue weighted by Gasteiger charge is -2.16. The minimum Gasteiger partial charge on any atom is -0.370 e. The molecule has 0 aliphatic rings. The minimum atomic E-state index is 0.909. The van der Waals surface area contributed by atoms with Gasteiger partial charge in [0.1, 0.15) is 11.6 Å². The standard InChI is InChI=1S/C10H17N3/c1-4-11-9-7-6-8-10(12-9)13(3)5-2/h6-8H,4-5H2,1-3H3,(H,11,12). The Labute approximate surface area is 79.8 Å². The predicted octanol–water partition coefficient (Wildman–Crippen LogP) is 1.97. The van der Waals surface area contributed by atoms with Gasteiger partial charge in [-0.15, -0.1) is 0 Å². The van der Waals surface area contributed by atoms with Crippen molar-refractivity contribution in [1.29, 1.82) is 0 Å². The Morgan fingerprint density at radius 3 is 2.77 bits per heavy atom. The maximum Gasteiger partial charge on any atom is 0.130 e. The summed E-state index contributed by atoms with van der Waals surface area (Å²) in [6.45, 7) is 6.06. The summed E-state index contributed by atoms with van der Waals surface area (Å²) in [5.41, 5.74) is 0. The number of hydrogen-bond acceptors (Lipinski definition) is 3. The lowest BCUT2D eigenvalue weighted by atomic mass is 10.4. The van der Waals surface area contributed by atoms with Gasteiger partial charge in [0.25, 0.3) is 0 Å². The van der Waals surface area contributed by atoms with E-state index in [2.05, 4.69) is 29.0 Å². The zero-order chi connectivity index (χ0) is 9.68. The highest BCUT2D eigenvalue weighted by Gasteiger charge is 1.99. The van der Waals surface area contributed by atoms with Gasteiger partial charge in [0, 0.05) is 20.1 Å². The van der Waals surface area contributed by atoms with Crippen LogP contribution in [0.4, 0.5) is 11.6 Å². The minimum absolute atomic E-state index is 0.909. The van der Waals surface area contributed by atoms with Gasteiger partial charge in [0.15, 0.2) is 0 Å². The number of nitrogens with zero attached hydrogens (tertiary/aromatic N) is 2. The van der Waals surface area contributed by atoms with E-state index in [1.807, 2.05) is 25.2 Å². The molecule has 0 saturated heterocycles. The maximum absolute atomic E-state index is 4.45. The molecule has 0 aliphatic carbocycles. The highest BCUT2D eigenvalue weighted by atomic mass is 15.2. The summed E-state index contributed by atoms with van der Waals surface area (Å²) in [4.78, 5) is 6.56. The van der Waals surface area contributed by atoms with Crippen LogP contribution in [0.2, 0.25) is 0 Å². The van der Waals surface area contributed by atoms with Crippen molar-refractivity contribution in [1.82, 2.24) is 4.98 Å². The van der Waals surface area contributed by atoms with Gasteiger partial charge in [0.05, 0.1) is 0 Å². The highest BCUT2D eigenvalue weighted by Crippen LogP contribution is 2.11. The van der Waals surface area contributed by atoms with E-state index in [0.29, 0.717) is 0 Å². The normalized spacial score (nSPS) is 9.77. The second-order valence-electron chi connectivity index (χ2n) is 2.93. The Hall–Kier alpha value is -1.25.